The van der Waals surface area contributed by atoms with E-state index < -0.39 is 24.7 Å². The predicted octanol–water partition coefficient (Wildman–Crippen LogP) is 7.81. The number of alkyl halides is 2. The van der Waals surface area contributed by atoms with Crippen LogP contribution in [0.1, 0.15) is 70.4 Å². The average Bonchev–Trinajstić information content (AvgIpc) is 4.01. The van der Waals surface area contributed by atoms with E-state index in [4.69, 9.17) is 42.1 Å². The van der Waals surface area contributed by atoms with E-state index in [0.717, 1.165) is 56.4 Å². The molecule has 13 heteroatoms. The van der Waals surface area contributed by atoms with E-state index in [1.54, 1.807) is 42.7 Å². The topological polar surface area (TPSA) is 100 Å². The van der Waals surface area contributed by atoms with Gasteiger partial charge in [0.1, 0.15) is 28.3 Å². The summed E-state index contributed by atoms with van der Waals surface area (Å²) in [6.07, 6.45) is 6.20. The molecule has 0 radical (unpaired) electrons. The molecule has 3 atom stereocenters. The minimum absolute atomic E-state index is 0.0803. The lowest BCUT2D eigenvalue weighted by Crippen LogP contribution is -2.52. The Balaban J connectivity index is 1.09. The van der Waals surface area contributed by atoms with Gasteiger partial charge in [0, 0.05) is 25.1 Å². The second kappa shape index (κ2) is 17.5. The Morgan fingerprint density at radius 2 is 1.65 bits per heavy atom. The number of esters is 2. The van der Waals surface area contributed by atoms with Crippen molar-refractivity contribution < 1.29 is 42.3 Å². The number of carbonyl (C=O) groups excluding carboxylic acids is 2. The molecule has 3 aliphatic heterocycles. The van der Waals surface area contributed by atoms with Crippen molar-refractivity contribution in [3.63, 3.8) is 0 Å². The molecular weight excluding hydrogens is 739 g/mol. The molecule has 8 rings (SSSR count). The van der Waals surface area contributed by atoms with Gasteiger partial charge < -0.3 is 18.9 Å². The number of aromatic nitrogens is 1. The number of nitrogens with zero attached hydrogens (tertiary/aromatic N) is 1. The van der Waals surface area contributed by atoms with Gasteiger partial charge in [-0.15, -0.1) is 0 Å². The fraction of sp³-hybridized carbons (Fsp3) is 0.390. The van der Waals surface area contributed by atoms with Crippen LogP contribution in [-0.2, 0) is 27.2 Å². The fourth-order valence-electron chi connectivity index (χ4n) is 7.08. The van der Waals surface area contributed by atoms with Crippen molar-refractivity contribution in [2.75, 3.05) is 26.2 Å². The highest BCUT2D eigenvalue weighted by molar-refractivity contribution is 6.35. The maximum Gasteiger partial charge on any atom is 0.387 e. The smallest absolute Gasteiger partial charge is 0.387 e. The third-order valence-electron chi connectivity index (χ3n) is 10.3. The van der Waals surface area contributed by atoms with E-state index in [1.165, 1.54) is 6.07 Å². The summed E-state index contributed by atoms with van der Waals surface area (Å²) in [6, 6.07) is 20.1. The van der Waals surface area contributed by atoms with E-state index >= 15 is 0 Å². The number of piperidine rings is 3. The third kappa shape index (κ3) is 9.68. The molecule has 3 aromatic carbocycles. The lowest BCUT2D eigenvalue weighted by Gasteiger charge is -2.44. The summed E-state index contributed by atoms with van der Waals surface area (Å²) >= 11 is 13.0. The van der Waals surface area contributed by atoms with Gasteiger partial charge in [-0.3, -0.25) is 10.2 Å². The number of nitrogens with one attached hydrogen (secondary N) is 2. The molecule has 2 bridgehead atoms. The average molecular weight is 782 g/mol. The van der Waals surface area contributed by atoms with Gasteiger partial charge >= 0.3 is 18.6 Å². The number of hydrogen-bond donors (Lipinski definition) is 1. The van der Waals surface area contributed by atoms with Crippen molar-refractivity contribution >= 4 is 35.1 Å². The number of hydrogen-bond acceptors (Lipinski definition) is 8. The summed E-state index contributed by atoms with van der Waals surface area (Å²) in [6.45, 7) is 0.410. The maximum atomic E-state index is 13.9. The van der Waals surface area contributed by atoms with Gasteiger partial charge in [-0.25, -0.2) is 14.6 Å². The zero-order chi connectivity index (χ0) is 37.6. The van der Waals surface area contributed by atoms with Gasteiger partial charge in [0.15, 0.2) is 23.9 Å². The number of pyridine rings is 1. The molecule has 0 spiro atoms. The molecule has 4 aromatic rings. The minimum atomic E-state index is -3.05. The van der Waals surface area contributed by atoms with E-state index in [9.17, 15) is 18.4 Å². The van der Waals surface area contributed by atoms with E-state index in [2.05, 4.69) is 15.2 Å². The Morgan fingerprint density at radius 1 is 0.889 bits per heavy atom. The molecule has 3 saturated heterocycles. The van der Waals surface area contributed by atoms with Crippen molar-refractivity contribution in [1.82, 2.24) is 10.2 Å². The fourth-order valence-corrected chi connectivity index (χ4v) is 7.61. The first kappa shape index (κ1) is 38.0. The van der Waals surface area contributed by atoms with Crippen LogP contribution >= 0.6 is 23.2 Å². The first-order chi connectivity index (χ1) is 26.2. The number of aromatic amines is 1. The number of fused-ring (bicyclic) bond motifs is 3. The highest BCUT2D eigenvalue weighted by Crippen LogP contribution is 2.38. The van der Waals surface area contributed by atoms with Gasteiger partial charge in [-0.2, -0.15) is 8.78 Å². The van der Waals surface area contributed by atoms with Crippen molar-refractivity contribution in [3.05, 3.63) is 123 Å². The molecule has 2 N–H and O–H groups in total. The van der Waals surface area contributed by atoms with Crippen LogP contribution < -0.4 is 19.8 Å². The van der Waals surface area contributed by atoms with Gasteiger partial charge in [0.05, 0.1) is 12.2 Å². The Morgan fingerprint density at radius 3 is 2.33 bits per heavy atom. The summed E-state index contributed by atoms with van der Waals surface area (Å²) in [4.78, 5) is 32.7. The number of benzene rings is 3. The third-order valence-corrected chi connectivity index (χ3v) is 10.9. The lowest BCUT2D eigenvalue weighted by atomic mass is 9.86. The largest absolute Gasteiger partial charge is 0.489 e. The highest BCUT2D eigenvalue weighted by Gasteiger charge is 2.38. The Kier molecular flexibility index (Phi) is 12.3. The summed E-state index contributed by atoms with van der Waals surface area (Å²) in [5.74, 6) is -0.245. The normalized spacial score (nSPS) is 20.3. The quantitative estimate of drug-likeness (QED) is 0.115. The molecule has 54 heavy (non-hydrogen) atoms. The standard InChI is InChI=1S/C41H41Cl2F2N3O6/c42-32-21-46-22-33(43)31(32)19-35(29-11-12-34(54-41(44)45)36(18-29)51-24-25-9-10-25)52-39(49)30-8-4-5-26(17-30)20-47-38(28-6-2-1-3-7-28)40(50)53-37-23-48-15-13-27(37)14-16-48/h1-8,11-12,17-18,21-22,25,27,35,37-38,41,47H,9-10,13-16,19-20,23-24H2/p+1/t35-,37-,38?/m0/s1. The van der Waals surface area contributed by atoms with Crippen molar-refractivity contribution in [3.8, 4) is 11.5 Å². The number of ether oxygens (including phenoxy) is 4. The summed E-state index contributed by atoms with van der Waals surface area (Å²) < 4.78 is 49.5. The SMILES string of the molecule is O=C(O[C@@H](Cc1c(Cl)c[nH+]cc1Cl)c1ccc(OC(F)F)c(OCC2CC2)c1)c1cccc(CNC(C(=O)O[C@H]2CN3CCC2CC3)c2ccccc2)c1. The number of H-pyrrole nitrogens is 1. The molecule has 4 fully saturated rings. The molecule has 0 amide bonds. The van der Waals surface area contributed by atoms with Crippen molar-refractivity contribution in [2.24, 2.45) is 11.8 Å². The molecule has 284 valence electrons. The maximum absolute atomic E-state index is 13.9. The first-order valence-electron chi connectivity index (χ1n) is 18.3. The molecule has 4 heterocycles. The van der Waals surface area contributed by atoms with Crippen LogP contribution in [-0.4, -0.2) is 55.8 Å². The summed E-state index contributed by atoms with van der Waals surface area (Å²) in [7, 11) is 0. The Bertz CT molecular complexity index is 1910. The van der Waals surface area contributed by atoms with Crippen molar-refractivity contribution in [1.29, 1.82) is 0 Å². The zero-order valence-electron chi connectivity index (χ0n) is 29.5. The minimum Gasteiger partial charge on any atom is -0.489 e. The van der Waals surface area contributed by atoms with E-state index in [0.29, 0.717) is 39.6 Å². The Hall–Kier alpha value is -4.29. The van der Waals surface area contributed by atoms with Gasteiger partial charge in [0.25, 0.3) is 0 Å². The van der Waals surface area contributed by atoms with Crippen LogP contribution in [0.5, 0.6) is 11.5 Å². The van der Waals surface area contributed by atoms with Gasteiger partial charge in [-0.1, -0.05) is 71.7 Å². The predicted molar refractivity (Wildman–Crippen MR) is 198 cm³/mol. The lowest BCUT2D eigenvalue weighted by molar-refractivity contribution is -0.377. The molecule has 1 unspecified atom stereocenters. The van der Waals surface area contributed by atoms with E-state index in [1.807, 2.05) is 36.4 Å². The second-order valence-electron chi connectivity index (χ2n) is 14.1. The zero-order valence-corrected chi connectivity index (χ0v) is 31.0. The number of halogens is 4. The highest BCUT2D eigenvalue weighted by atomic mass is 35.5. The summed E-state index contributed by atoms with van der Waals surface area (Å²) in [5, 5.41) is 4.03. The molecule has 1 saturated carbocycles. The van der Waals surface area contributed by atoms with Crippen LogP contribution in [0.2, 0.25) is 10.0 Å². The molecule has 1 aromatic heterocycles. The molecule has 4 aliphatic rings. The van der Waals surface area contributed by atoms with Crippen LogP contribution in [0, 0.1) is 11.8 Å². The monoisotopic (exact) mass is 780 g/mol. The Labute approximate surface area is 322 Å². The van der Waals surface area contributed by atoms with Crippen LogP contribution in [0.4, 0.5) is 8.78 Å². The molecule has 1 aliphatic carbocycles. The second-order valence-corrected chi connectivity index (χ2v) is 14.9. The van der Waals surface area contributed by atoms with E-state index in [-0.39, 0.29) is 42.1 Å². The van der Waals surface area contributed by atoms with Gasteiger partial charge in [0.2, 0.25) is 0 Å². The van der Waals surface area contributed by atoms with Gasteiger partial charge in [-0.05, 0) is 91.6 Å². The van der Waals surface area contributed by atoms with Crippen LogP contribution in [0.15, 0.2) is 85.2 Å². The van der Waals surface area contributed by atoms with Crippen LogP contribution in [0.3, 0.4) is 0 Å². The molecule has 9 nitrogen and oxygen atoms in total. The number of rotatable bonds is 16. The number of carbonyl (C=O) groups is 2. The van der Waals surface area contributed by atoms with Crippen molar-refractivity contribution in [2.45, 2.75) is 63.5 Å². The molecular formula is C41H42Cl2F2N3O6+. The summed E-state index contributed by atoms with van der Waals surface area (Å²) in [5.41, 5.74) is 2.79. The first-order valence-corrected chi connectivity index (χ1v) is 19.0. The van der Waals surface area contributed by atoms with Crippen LogP contribution in [0.25, 0.3) is 0 Å².